The predicted octanol–water partition coefficient (Wildman–Crippen LogP) is 2.97. The molecular formula is C13H13BrN2O2S. The molecule has 2 aromatic rings. The highest BCUT2D eigenvalue weighted by Crippen LogP contribution is 2.39. The third-order valence-electron chi connectivity index (χ3n) is 2.82. The maximum absolute atomic E-state index is 5.40. The summed E-state index contributed by atoms with van der Waals surface area (Å²) >= 11 is 5.19. The van der Waals surface area contributed by atoms with E-state index in [4.69, 9.17) is 9.47 Å². The molecule has 0 unspecified atom stereocenters. The van der Waals surface area contributed by atoms with Crippen molar-refractivity contribution >= 4 is 27.3 Å². The Bertz CT molecular complexity index is 560. The first-order valence-electron chi connectivity index (χ1n) is 6.00. The van der Waals surface area contributed by atoms with Crippen LogP contribution in [-0.2, 0) is 13.0 Å². The Morgan fingerprint density at radius 3 is 3.16 bits per heavy atom. The lowest BCUT2D eigenvalue weighted by Gasteiger charge is -2.06. The van der Waals surface area contributed by atoms with Gasteiger partial charge in [0.15, 0.2) is 11.5 Å². The average Bonchev–Trinajstić information content (AvgIpc) is 3.05. The van der Waals surface area contributed by atoms with Gasteiger partial charge >= 0.3 is 0 Å². The second kappa shape index (κ2) is 5.90. The number of nitrogens with zero attached hydrogens (tertiary/aromatic N) is 1. The van der Waals surface area contributed by atoms with Gasteiger partial charge in [-0.3, -0.25) is 0 Å². The molecule has 100 valence electrons. The second-order valence-electron chi connectivity index (χ2n) is 4.16. The van der Waals surface area contributed by atoms with Crippen LogP contribution in [0.4, 0.5) is 0 Å². The first-order valence-corrected chi connectivity index (χ1v) is 7.67. The first kappa shape index (κ1) is 12.9. The molecule has 2 heterocycles. The fourth-order valence-electron chi connectivity index (χ4n) is 1.93. The van der Waals surface area contributed by atoms with Crippen LogP contribution in [0.2, 0.25) is 0 Å². The zero-order valence-electron chi connectivity index (χ0n) is 10.2. The Morgan fingerprint density at radius 1 is 1.37 bits per heavy atom. The molecule has 0 bridgehead atoms. The van der Waals surface area contributed by atoms with Gasteiger partial charge in [0.1, 0.15) is 0 Å². The summed E-state index contributed by atoms with van der Waals surface area (Å²) < 4.78 is 11.7. The number of ether oxygens (including phenoxy) is 2. The fourth-order valence-corrected chi connectivity index (χ4v) is 3.15. The van der Waals surface area contributed by atoms with Crippen LogP contribution in [0.15, 0.2) is 28.2 Å². The van der Waals surface area contributed by atoms with Crippen molar-refractivity contribution < 1.29 is 9.47 Å². The number of rotatable bonds is 5. The van der Waals surface area contributed by atoms with Crippen molar-refractivity contribution in [2.24, 2.45) is 0 Å². The molecule has 3 rings (SSSR count). The summed E-state index contributed by atoms with van der Waals surface area (Å²) in [4.78, 5) is 4.26. The molecular weight excluding hydrogens is 328 g/mol. The van der Waals surface area contributed by atoms with Crippen LogP contribution in [0.3, 0.4) is 0 Å². The molecule has 0 spiro atoms. The van der Waals surface area contributed by atoms with Crippen LogP contribution in [-0.4, -0.2) is 18.3 Å². The SMILES string of the molecule is Brc1cc(CNCCc2nccs2)cc2c1OCO2. The number of benzene rings is 1. The monoisotopic (exact) mass is 340 g/mol. The topological polar surface area (TPSA) is 43.4 Å². The maximum atomic E-state index is 5.40. The summed E-state index contributed by atoms with van der Waals surface area (Å²) in [6.45, 7) is 2.02. The van der Waals surface area contributed by atoms with Crippen molar-refractivity contribution in [3.05, 3.63) is 38.8 Å². The van der Waals surface area contributed by atoms with E-state index in [1.807, 2.05) is 17.6 Å². The van der Waals surface area contributed by atoms with Crippen molar-refractivity contribution in [3.63, 3.8) is 0 Å². The van der Waals surface area contributed by atoms with Crippen LogP contribution in [0.1, 0.15) is 10.6 Å². The van der Waals surface area contributed by atoms with E-state index < -0.39 is 0 Å². The number of thiazole rings is 1. The lowest BCUT2D eigenvalue weighted by molar-refractivity contribution is 0.173. The Hall–Kier alpha value is -1.11. The van der Waals surface area contributed by atoms with Crippen molar-refractivity contribution in [2.75, 3.05) is 13.3 Å². The van der Waals surface area contributed by atoms with Gasteiger partial charge < -0.3 is 14.8 Å². The smallest absolute Gasteiger partial charge is 0.231 e. The Kier molecular flexibility index (Phi) is 4.00. The lowest BCUT2D eigenvalue weighted by Crippen LogP contribution is -2.16. The molecule has 19 heavy (non-hydrogen) atoms. The molecule has 1 aromatic carbocycles. The van der Waals surface area contributed by atoms with Crippen molar-refractivity contribution in [3.8, 4) is 11.5 Å². The molecule has 0 radical (unpaired) electrons. The molecule has 1 aliphatic rings. The van der Waals surface area contributed by atoms with Gasteiger partial charge in [-0.25, -0.2) is 4.98 Å². The summed E-state index contributed by atoms with van der Waals surface area (Å²) in [6, 6.07) is 4.08. The predicted molar refractivity (Wildman–Crippen MR) is 77.8 cm³/mol. The van der Waals surface area contributed by atoms with Crippen molar-refractivity contribution in [1.82, 2.24) is 10.3 Å². The normalized spacial score (nSPS) is 12.9. The van der Waals surface area contributed by atoms with Gasteiger partial charge in [0.25, 0.3) is 0 Å². The van der Waals surface area contributed by atoms with E-state index >= 15 is 0 Å². The molecule has 1 aromatic heterocycles. The van der Waals surface area contributed by atoms with E-state index in [2.05, 4.69) is 32.3 Å². The van der Waals surface area contributed by atoms with Gasteiger partial charge in [-0.2, -0.15) is 0 Å². The zero-order chi connectivity index (χ0) is 13.1. The van der Waals surface area contributed by atoms with Crippen LogP contribution < -0.4 is 14.8 Å². The summed E-state index contributed by atoms with van der Waals surface area (Å²) in [6.07, 6.45) is 2.80. The van der Waals surface area contributed by atoms with Gasteiger partial charge in [-0.05, 0) is 33.6 Å². The van der Waals surface area contributed by atoms with Crippen LogP contribution in [0.25, 0.3) is 0 Å². The Labute approximate surface area is 123 Å². The Morgan fingerprint density at radius 2 is 2.32 bits per heavy atom. The molecule has 0 saturated heterocycles. The lowest BCUT2D eigenvalue weighted by atomic mass is 10.2. The first-order chi connectivity index (χ1) is 9.33. The van der Waals surface area contributed by atoms with Crippen molar-refractivity contribution in [1.29, 1.82) is 0 Å². The fraction of sp³-hybridized carbons (Fsp3) is 0.308. The van der Waals surface area contributed by atoms with Gasteiger partial charge in [0.05, 0.1) is 9.48 Å². The number of hydrogen-bond donors (Lipinski definition) is 1. The largest absolute Gasteiger partial charge is 0.454 e. The highest BCUT2D eigenvalue weighted by molar-refractivity contribution is 9.10. The molecule has 1 N–H and O–H groups in total. The van der Waals surface area contributed by atoms with E-state index in [0.717, 1.165) is 35.5 Å². The van der Waals surface area contributed by atoms with Crippen LogP contribution in [0.5, 0.6) is 11.5 Å². The summed E-state index contributed by atoms with van der Waals surface area (Å²) in [5.74, 6) is 1.61. The number of aromatic nitrogens is 1. The summed E-state index contributed by atoms with van der Waals surface area (Å²) in [5, 5.41) is 6.58. The highest BCUT2D eigenvalue weighted by Gasteiger charge is 2.17. The quantitative estimate of drug-likeness (QED) is 0.850. The van der Waals surface area contributed by atoms with Gasteiger partial charge in [-0.15, -0.1) is 11.3 Å². The molecule has 4 nitrogen and oxygen atoms in total. The van der Waals surface area contributed by atoms with E-state index in [9.17, 15) is 0 Å². The van der Waals surface area contributed by atoms with Gasteiger partial charge in [0, 0.05) is 31.1 Å². The molecule has 0 amide bonds. The molecule has 0 aliphatic carbocycles. The minimum absolute atomic E-state index is 0.300. The van der Waals surface area contributed by atoms with Crippen molar-refractivity contribution in [2.45, 2.75) is 13.0 Å². The summed E-state index contributed by atoms with van der Waals surface area (Å²) in [5.41, 5.74) is 1.18. The summed E-state index contributed by atoms with van der Waals surface area (Å²) in [7, 11) is 0. The van der Waals surface area contributed by atoms with Crippen LogP contribution in [0, 0.1) is 0 Å². The minimum atomic E-state index is 0.300. The zero-order valence-corrected chi connectivity index (χ0v) is 12.6. The molecule has 0 fully saturated rings. The van der Waals surface area contributed by atoms with Gasteiger partial charge in [0.2, 0.25) is 6.79 Å². The highest BCUT2D eigenvalue weighted by atomic mass is 79.9. The number of nitrogens with one attached hydrogen (secondary N) is 1. The van der Waals surface area contributed by atoms with Gasteiger partial charge in [-0.1, -0.05) is 0 Å². The second-order valence-corrected chi connectivity index (χ2v) is 6.00. The van der Waals surface area contributed by atoms with E-state index in [-0.39, 0.29) is 0 Å². The van der Waals surface area contributed by atoms with Crippen LogP contribution >= 0.6 is 27.3 Å². The third kappa shape index (κ3) is 3.08. The maximum Gasteiger partial charge on any atom is 0.231 e. The molecule has 1 aliphatic heterocycles. The number of hydrogen-bond acceptors (Lipinski definition) is 5. The standard InChI is InChI=1S/C13H13BrN2O2S/c14-10-5-9(6-11-13(10)18-8-17-11)7-15-2-1-12-16-3-4-19-12/h3-6,15H,1-2,7-8H2. The average molecular weight is 341 g/mol. The molecule has 0 saturated carbocycles. The Balaban J connectivity index is 1.54. The van der Waals surface area contributed by atoms with E-state index in [1.165, 1.54) is 10.6 Å². The molecule has 6 heteroatoms. The number of halogens is 1. The third-order valence-corrected chi connectivity index (χ3v) is 4.24. The molecule has 0 atom stereocenters. The van der Waals surface area contributed by atoms with E-state index in [0.29, 0.717) is 6.79 Å². The minimum Gasteiger partial charge on any atom is -0.454 e. The number of fused-ring (bicyclic) bond motifs is 1. The van der Waals surface area contributed by atoms with E-state index in [1.54, 1.807) is 11.3 Å².